The molecule has 0 radical (unpaired) electrons. The first-order valence-electron chi connectivity index (χ1n) is 7.01. The van der Waals surface area contributed by atoms with E-state index in [0.717, 1.165) is 11.5 Å². The standard InChI is InChI=1S/C16H24OS/c1-10(2)12-8-7-11(3)9-14(12)13-5-4-6-15(18)16(13)17/h4-6,10-12,14,17-18H,7-9H2,1-3H3. The molecule has 0 heterocycles. The average Bonchev–Trinajstić information content (AvgIpc) is 2.32. The number of hydrogen-bond acceptors (Lipinski definition) is 2. The van der Waals surface area contributed by atoms with Crippen molar-refractivity contribution in [2.45, 2.75) is 50.8 Å². The summed E-state index contributed by atoms with van der Waals surface area (Å²) in [5.41, 5.74) is 1.10. The van der Waals surface area contributed by atoms with Gasteiger partial charge in [-0.2, -0.15) is 0 Å². The summed E-state index contributed by atoms with van der Waals surface area (Å²) in [7, 11) is 0. The largest absolute Gasteiger partial charge is 0.506 e. The molecular formula is C16H24OS. The third-order valence-corrected chi connectivity index (χ3v) is 4.83. The minimum Gasteiger partial charge on any atom is -0.506 e. The van der Waals surface area contributed by atoms with Gasteiger partial charge < -0.3 is 5.11 Å². The molecule has 0 bridgehead atoms. The summed E-state index contributed by atoms with van der Waals surface area (Å²) < 4.78 is 0. The van der Waals surface area contributed by atoms with Crippen molar-refractivity contribution in [2.24, 2.45) is 17.8 Å². The van der Waals surface area contributed by atoms with Gasteiger partial charge >= 0.3 is 0 Å². The van der Waals surface area contributed by atoms with Crippen LogP contribution in [0.3, 0.4) is 0 Å². The van der Waals surface area contributed by atoms with Gasteiger partial charge in [0.1, 0.15) is 5.75 Å². The lowest BCUT2D eigenvalue weighted by Gasteiger charge is -2.38. The number of hydrogen-bond donors (Lipinski definition) is 2. The lowest BCUT2D eigenvalue weighted by Crippen LogP contribution is -2.26. The van der Waals surface area contributed by atoms with Crippen LogP contribution < -0.4 is 0 Å². The minimum absolute atomic E-state index is 0.394. The smallest absolute Gasteiger partial charge is 0.132 e. The van der Waals surface area contributed by atoms with E-state index in [1.54, 1.807) is 0 Å². The van der Waals surface area contributed by atoms with Crippen LogP contribution in [0.4, 0.5) is 0 Å². The molecule has 1 aliphatic carbocycles. The summed E-state index contributed by atoms with van der Waals surface area (Å²) in [6.07, 6.45) is 3.79. The maximum Gasteiger partial charge on any atom is 0.132 e. The van der Waals surface area contributed by atoms with E-state index in [4.69, 9.17) is 0 Å². The first-order valence-corrected chi connectivity index (χ1v) is 7.46. The van der Waals surface area contributed by atoms with Gasteiger partial charge in [-0.3, -0.25) is 0 Å². The summed E-state index contributed by atoms with van der Waals surface area (Å²) in [6.45, 7) is 6.93. The van der Waals surface area contributed by atoms with Gasteiger partial charge in [0, 0.05) is 4.90 Å². The highest BCUT2D eigenvalue weighted by Crippen LogP contribution is 2.47. The SMILES string of the molecule is CC1CCC(C(C)C)C(c2cccc(S)c2O)C1. The number of phenols is 1. The van der Waals surface area contributed by atoms with Crippen LogP contribution in [0.5, 0.6) is 5.75 Å². The highest BCUT2D eigenvalue weighted by molar-refractivity contribution is 7.80. The molecule has 1 nitrogen and oxygen atoms in total. The Balaban J connectivity index is 2.35. The van der Waals surface area contributed by atoms with E-state index in [0.29, 0.717) is 28.4 Å². The van der Waals surface area contributed by atoms with E-state index in [1.165, 1.54) is 19.3 Å². The van der Waals surface area contributed by atoms with Crippen LogP contribution in [0.2, 0.25) is 0 Å². The van der Waals surface area contributed by atoms with Crippen LogP contribution in [-0.4, -0.2) is 5.11 Å². The Bertz CT molecular complexity index is 414. The van der Waals surface area contributed by atoms with Crippen LogP contribution in [0, 0.1) is 17.8 Å². The lowest BCUT2D eigenvalue weighted by atomic mass is 9.67. The fourth-order valence-corrected chi connectivity index (χ4v) is 3.62. The molecule has 0 saturated heterocycles. The first-order chi connectivity index (χ1) is 8.50. The quantitative estimate of drug-likeness (QED) is 0.731. The van der Waals surface area contributed by atoms with Crippen LogP contribution in [0.25, 0.3) is 0 Å². The van der Waals surface area contributed by atoms with E-state index in [2.05, 4.69) is 39.5 Å². The summed E-state index contributed by atoms with van der Waals surface area (Å²) in [6, 6.07) is 5.94. The molecule has 1 fully saturated rings. The van der Waals surface area contributed by atoms with Crippen molar-refractivity contribution in [1.29, 1.82) is 0 Å². The zero-order valence-electron chi connectivity index (χ0n) is 11.6. The second kappa shape index (κ2) is 5.56. The molecule has 18 heavy (non-hydrogen) atoms. The molecule has 1 N–H and O–H groups in total. The normalized spacial score (nSPS) is 28.6. The molecule has 3 atom stereocenters. The highest BCUT2D eigenvalue weighted by Gasteiger charge is 2.33. The van der Waals surface area contributed by atoms with Crippen LogP contribution in [-0.2, 0) is 0 Å². The third-order valence-electron chi connectivity index (χ3n) is 4.47. The van der Waals surface area contributed by atoms with E-state index >= 15 is 0 Å². The predicted molar refractivity (Wildman–Crippen MR) is 79.4 cm³/mol. The average molecular weight is 264 g/mol. The first kappa shape index (κ1) is 13.8. The zero-order valence-corrected chi connectivity index (χ0v) is 12.5. The molecule has 2 heteroatoms. The van der Waals surface area contributed by atoms with Gasteiger partial charge in [0.15, 0.2) is 0 Å². The zero-order chi connectivity index (χ0) is 13.3. The summed E-state index contributed by atoms with van der Waals surface area (Å²) in [5, 5.41) is 10.3. The Kier molecular flexibility index (Phi) is 4.26. The van der Waals surface area contributed by atoms with Crippen LogP contribution >= 0.6 is 12.6 Å². The molecule has 0 amide bonds. The Morgan fingerprint density at radius 3 is 2.67 bits per heavy atom. The van der Waals surface area contributed by atoms with Crippen molar-refractivity contribution in [1.82, 2.24) is 0 Å². The van der Waals surface area contributed by atoms with Crippen molar-refractivity contribution in [3.63, 3.8) is 0 Å². The second-order valence-corrected chi connectivity index (χ2v) is 6.63. The number of aromatic hydroxyl groups is 1. The molecular weight excluding hydrogens is 240 g/mol. The summed E-state index contributed by atoms with van der Waals surface area (Å²) in [5.74, 6) is 2.99. The molecule has 100 valence electrons. The van der Waals surface area contributed by atoms with E-state index in [1.807, 2.05) is 12.1 Å². The van der Waals surface area contributed by atoms with Gasteiger partial charge in [0.2, 0.25) is 0 Å². The lowest BCUT2D eigenvalue weighted by molar-refractivity contribution is 0.194. The molecule has 1 saturated carbocycles. The second-order valence-electron chi connectivity index (χ2n) is 6.15. The van der Waals surface area contributed by atoms with Gasteiger partial charge in [-0.05, 0) is 48.1 Å². The van der Waals surface area contributed by atoms with Crippen molar-refractivity contribution in [3.8, 4) is 5.75 Å². The number of phenolic OH excluding ortho intramolecular Hbond substituents is 1. The Morgan fingerprint density at radius 2 is 2.00 bits per heavy atom. The fourth-order valence-electron chi connectivity index (χ4n) is 3.41. The Morgan fingerprint density at radius 1 is 1.28 bits per heavy atom. The molecule has 3 unspecified atom stereocenters. The molecule has 0 spiro atoms. The van der Waals surface area contributed by atoms with Gasteiger partial charge in [0.05, 0.1) is 0 Å². The monoisotopic (exact) mass is 264 g/mol. The number of benzene rings is 1. The molecule has 1 aromatic carbocycles. The Hall–Kier alpha value is -0.630. The third kappa shape index (κ3) is 2.69. The predicted octanol–water partition coefficient (Wildman–Crippen LogP) is 4.86. The van der Waals surface area contributed by atoms with Crippen LogP contribution in [0.1, 0.15) is 51.5 Å². The van der Waals surface area contributed by atoms with Crippen LogP contribution in [0.15, 0.2) is 23.1 Å². The van der Waals surface area contributed by atoms with E-state index < -0.39 is 0 Å². The highest BCUT2D eigenvalue weighted by atomic mass is 32.1. The fraction of sp³-hybridized carbons (Fsp3) is 0.625. The van der Waals surface area contributed by atoms with Gasteiger partial charge in [-0.25, -0.2) is 0 Å². The van der Waals surface area contributed by atoms with Gasteiger partial charge in [0.25, 0.3) is 0 Å². The van der Waals surface area contributed by atoms with E-state index in [-0.39, 0.29) is 0 Å². The molecule has 1 aromatic rings. The topological polar surface area (TPSA) is 20.2 Å². The van der Waals surface area contributed by atoms with Crippen molar-refractivity contribution >= 4 is 12.6 Å². The summed E-state index contributed by atoms with van der Waals surface area (Å²) in [4.78, 5) is 0.702. The Labute approximate surface area is 116 Å². The van der Waals surface area contributed by atoms with Crippen molar-refractivity contribution in [3.05, 3.63) is 23.8 Å². The van der Waals surface area contributed by atoms with E-state index in [9.17, 15) is 5.11 Å². The molecule has 2 rings (SSSR count). The maximum absolute atomic E-state index is 10.3. The molecule has 0 aromatic heterocycles. The number of para-hydroxylation sites is 1. The number of rotatable bonds is 2. The van der Waals surface area contributed by atoms with Gasteiger partial charge in [-0.15, -0.1) is 12.6 Å². The maximum atomic E-state index is 10.3. The van der Waals surface area contributed by atoms with Crippen molar-refractivity contribution in [2.75, 3.05) is 0 Å². The van der Waals surface area contributed by atoms with Gasteiger partial charge in [-0.1, -0.05) is 39.3 Å². The van der Waals surface area contributed by atoms with Crippen molar-refractivity contribution < 1.29 is 5.11 Å². The minimum atomic E-state index is 0.394. The summed E-state index contributed by atoms with van der Waals surface area (Å²) >= 11 is 4.34. The molecule has 1 aliphatic rings. The molecule has 0 aliphatic heterocycles. The number of thiol groups is 1.